The predicted octanol–water partition coefficient (Wildman–Crippen LogP) is -0.866. The number of fused-ring (bicyclic) bond motifs is 1. The average molecular weight is 174 g/mol. The van der Waals surface area contributed by atoms with Crippen LogP contribution in [0.4, 0.5) is 5.82 Å². The van der Waals surface area contributed by atoms with Gasteiger partial charge in [-0.15, -0.1) is 0 Å². The maximum absolute atomic E-state index is 5.61. The van der Waals surface area contributed by atoms with Gasteiger partial charge in [-0.25, -0.2) is 15.0 Å². The third kappa shape index (κ3) is 1.03. The summed E-state index contributed by atoms with van der Waals surface area (Å²) in [6.07, 6.45) is 2.85. The van der Waals surface area contributed by atoms with E-state index in [4.69, 9.17) is 11.5 Å². The van der Waals surface area contributed by atoms with Crippen LogP contribution in [0.5, 0.6) is 0 Å². The maximum Gasteiger partial charge on any atom is 0.184 e. The van der Waals surface area contributed by atoms with Gasteiger partial charge in [0.2, 0.25) is 0 Å². The van der Waals surface area contributed by atoms with Gasteiger partial charge in [0, 0.05) is 12.1 Å². The quantitative estimate of drug-likeness (QED) is 0.400. The summed E-state index contributed by atoms with van der Waals surface area (Å²) >= 11 is 0. The summed E-state index contributed by atoms with van der Waals surface area (Å²) in [5, 5.41) is 0. The highest BCUT2D eigenvalue weighted by atomic mass is 15.1. The van der Waals surface area contributed by atoms with Crippen LogP contribution in [0.1, 0.15) is 0 Å². The Morgan fingerprint density at radius 1 is 1.31 bits per heavy atom. The minimum absolute atomic E-state index is 0.338. The molecule has 0 unspecified atom stereocenters. The highest BCUT2D eigenvalue weighted by Crippen LogP contribution is 2.13. The second-order valence-electron chi connectivity index (χ2n) is 2.30. The highest BCUT2D eigenvalue weighted by Gasteiger charge is 2.05. The topological polar surface area (TPSA) is 95.6 Å². The summed E-state index contributed by atoms with van der Waals surface area (Å²) in [5.74, 6) is 0.338. The fourth-order valence-corrected chi connectivity index (χ4v) is 1.03. The van der Waals surface area contributed by atoms with Crippen molar-refractivity contribution in [3.8, 4) is 12.1 Å². The van der Waals surface area contributed by atoms with Gasteiger partial charge in [-0.05, 0) is 0 Å². The normalized spacial score (nSPS) is 9.54. The molecule has 0 bridgehead atoms. The molecule has 0 radical (unpaired) electrons. The van der Waals surface area contributed by atoms with E-state index in [2.05, 4.69) is 27.0 Å². The number of rotatable bonds is 0. The van der Waals surface area contributed by atoms with Gasteiger partial charge in [0.1, 0.15) is 18.2 Å². The largest absolute Gasteiger partial charge is 0.382 e. The van der Waals surface area contributed by atoms with Crippen molar-refractivity contribution < 1.29 is 0 Å². The van der Waals surface area contributed by atoms with Crippen molar-refractivity contribution in [3.05, 3.63) is 12.7 Å². The number of hydrogen-bond donors (Lipinski definition) is 2. The van der Waals surface area contributed by atoms with Gasteiger partial charge in [-0.1, -0.05) is 0 Å². The molecular formula is C7H6N6. The van der Waals surface area contributed by atoms with E-state index >= 15 is 0 Å². The van der Waals surface area contributed by atoms with Crippen LogP contribution in [0.3, 0.4) is 0 Å². The van der Waals surface area contributed by atoms with Crippen LogP contribution in [-0.2, 0) is 0 Å². The Kier molecular flexibility index (Phi) is 1.49. The molecule has 2 heterocycles. The lowest BCUT2D eigenvalue weighted by molar-refractivity contribution is 1.14. The molecule has 0 saturated carbocycles. The van der Waals surface area contributed by atoms with Crippen molar-refractivity contribution in [2.45, 2.75) is 0 Å². The van der Waals surface area contributed by atoms with Crippen LogP contribution in [-0.4, -0.2) is 19.5 Å². The van der Waals surface area contributed by atoms with Crippen LogP contribution >= 0.6 is 0 Å². The van der Waals surface area contributed by atoms with E-state index in [0.717, 1.165) is 0 Å². The lowest BCUT2D eigenvalue weighted by Crippen LogP contribution is -1.97. The van der Waals surface area contributed by atoms with E-state index in [1.807, 2.05) is 0 Å². The Morgan fingerprint density at radius 2 is 2.15 bits per heavy atom. The lowest BCUT2D eigenvalue weighted by Gasteiger charge is -1.94. The van der Waals surface area contributed by atoms with Crippen LogP contribution < -0.4 is 11.5 Å². The van der Waals surface area contributed by atoms with Crippen molar-refractivity contribution in [2.75, 3.05) is 5.73 Å². The number of imidazole rings is 1. The molecule has 0 aromatic carbocycles. The Balaban J connectivity index is 2.83. The van der Waals surface area contributed by atoms with Crippen LogP contribution in [0.15, 0.2) is 12.7 Å². The Hall–Kier alpha value is -2.29. The Bertz CT molecular complexity index is 502. The van der Waals surface area contributed by atoms with Gasteiger partial charge >= 0.3 is 0 Å². The maximum atomic E-state index is 5.61. The summed E-state index contributed by atoms with van der Waals surface area (Å²) in [6, 6.07) is 4.84. The third-order valence-electron chi connectivity index (χ3n) is 1.55. The minimum Gasteiger partial charge on any atom is -0.382 e. The molecule has 13 heavy (non-hydrogen) atoms. The number of nitrogens with zero attached hydrogens (tertiary/aromatic N) is 4. The Morgan fingerprint density at radius 3 is 2.92 bits per heavy atom. The van der Waals surface area contributed by atoms with Crippen molar-refractivity contribution in [2.24, 2.45) is 5.73 Å². The summed E-state index contributed by atoms with van der Waals surface area (Å²) in [5.41, 5.74) is 11.8. The van der Waals surface area contributed by atoms with Gasteiger partial charge in [-0.2, -0.15) is 0 Å². The van der Waals surface area contributed by atoms with Gasteiger partial charge in [0.25, 0.3) is 0 Å². The molecule has 0 saturated heterocycles. The first kappa shape index (κ1) is 7.36. The average Bonchev–Trinajstić information content (AvgIpc) is 2.51. The fraction of sp³-hybridized carbons (Fsp3) is 0. The Labute approximate surface area is 73.6 Å². The standard InChI is InChI=1S/C7H6N6/c8-1-2-13-4-12-7-5(13)6(9)10-3-11-7/h3-4H,8H2,(H2,9,10,11). The third-order valence-corrected chi connectivity index (χ3v) is 1.55. The molecule has 0 aliphatic heterocycles. The number of nitrogens with two attached hydrogens (primary N) is 2. The molecule has 0 aliphatic rings. The molecule has 0 amide bonds. The van der Waals surface area contributed by atoms with E-state index < -0.39 is 0 Å². The van der Waals surface area contributed by atoms with Gasteiger partial charge in [-0.3, -0.25) is 4.57 Å². The molecule has 2 aromatic rings. The smallest absolute Gasteiger partial charge is 0.184 e. The molecule has 0 aliphatic carbocycles. The number of hydrogen-bond acceptors (Lipinski definition) is 5. The second kappa shape index (κ2) is 2.64. The molecule has 0 spiro atoms. The van der Waals surface area contributed by atoms with Gasteiger partial charge in [0.15, 0.2) is 11.5 Å². The minimum atomic E-state index is 0.338. The van der Waals surface area contributed by atoms with E-state index in [1.54, 1.807) is 0 Å². The SMILES string of the molecule is NC#Cn1cnc2ncnc(N)c21. The van der Waals surface area contributed by atoms with Crippen LogP contribution in [0, 0.1) is 12.1 Å². The number of nitrogen functional groups attached to an aromatic ring is 1. The molecule has 0 fully saturated rings. The van der Waals surface area contributed by atoms with Crippen molar-refractivity contribution in [3.63, 3.8) is 0 Å². The molecule has 2 aromatic heterocycles. The van der Waals surface area contributed by atoms with Crippen LogP contribution in [0.2, 0.25) is 0 Å². The summed E-state index contributed by atoms with van der Waals surface area (Å²) in [6.45, 7) is 0. The zero-order chi connectivity index (χ0) is 9.26. The van der Waals surface area contributed by atoms with Gasteiger partial charge in [0.05, 0.1) is 0 Å². The monoisotopic (exact) mass is 174 g/mol. The first-order valence-corrected chi connectivity index (χ1v) is 3.48. The molecule has 4 N–H and O–H groups in total. The zero-order valence-corrected chi connectivity index (χ0v) is 6.60. The van der Waals surface area contributed by atoms with E-state index in [9.17, 15) is 0 Å². The van der Waals surface area contributed by atoms with E-state index in [0.29, 0.717) is 17.0 Å². The molecule has 64 valence electrons. The summed E-state index contributed by atoms with van der Waals surface area (Å²) in [4.78, 5) is 11.7. The van der Waals surface area contributed by atoms with Crippen molar-refractivity contribution in [1.29, 1.82) is 0 Å². The van der Waals surface area contributed by atoms with E-state index in [-0.39, 0.29) is 0 Å². The van der Waals surface area contributed by atoms with Crippen LogP contribution in [0.25, 0.3) is 11.2 Å². The highest BCUT2D eigenvalue weighted by molar-refractivity contribution is 5.82. The number of anilines is 1. The molecule has 6 nitrogen and oxygen atoms in total. The summed E-state index contributed by atoms with van der Waals surface area (Å²) in [7, 11) is 0. The zero-order valence-electron chi connectivity index (χ0n) is 6.60. The fourth-order valence-electron chi connectivity index (χ4n) is 1.03. The number of aromatic nitrogens is 4. The van der Waals surface area contributed by atoms with Crippen molar-refractivity contribution >= 4 is 17.0 Å². The molecule has 0 atom stereocenters. The lowest BCUT2D eigenvalue weighted by atomic mass is 10.5. The second-order valence-corrected chi connectivity index (χ2v) is 2.30. The van der Waals surface area contributed by atoms with Crippen molar-refractivity contribution in [1.82, 2.24) is 19.5 Å². The molecular weight excluding hydrogens is 168 g/mol. The predicted molar refractivity (Wildman–Crippen MR) is 47.1 cm³/mol. The first-order valence-electron chi connectivity index (χ1n) is 3.48. The first-order chi connectivity index (χ1) is 6.33. The summed E-state index contributed by atoms with van der Waals surface area (Å²) < 4.78 is 1.49. The van der Waals surface area contributed by atoms with Gasteiger partial charge < -0.3 is 11.5 Å². The molecule has 6 heteroatoms. The van der Waals surface area contributed by atoms with E-state index in [1.165, 1.54) is 17.2 Å². The molecule has 2 rings (SSSR count).